The van der Waals surface area contributed by atoms with Crippen molar-refractivity contribution in [2.24, 2.45) is 0 Å². The minimum atomic E-state index is -1.26. The first-order valence-corrected chi connectivity index (χ1v) is 38.1. The summed E-state index contributed by atoms with van der Waals surface area (Å²) in [5.41, 5.74) is 0. The van der Waals surface area contributed by atoms with Crippen LogP contribution < -0.4 is 5.32 Å². The van der Waals surface area contributed by atoms with E-state index >= 15 is 0 Å². The molecular formula is C76H151NO5. The average Bonchev–Trinajstić information content (AvgIpc) is 3.48. The molecule has 0 aromatic carbocycles. The van der Waals surface area contributed by atoms with Crippen LogP contribution >= 0.6 is 0 Å². The van der Waals surface area contributed by atoms with Gasteiger partial charge in [-0.1, -0.05) is 411 Å². The fourth-order valence-electron chi connectivity index (χ4n) is 12.6. The normalized spacial score (nSPS) is 13.4. The minimum absolute atomic E-state index is 0.374. The molecule has 0 bridgehead atoms. The van der Waals surface area contributed by atoms with Gasteiger partial charge in [-0.25, -0.2) is 0 Å². The van der Waals surface area contributed by atoms with Gasteiger partial charge in [0.05, 0.1) is 18.8 Å². The molecule has 4 unspecified atom stereocenters. The van der Waals surface area contributed by atoms with Crippen molar-refractivity contribution in [2.75, 3.05) is 6.61 Å². The Morgan fingerprint density at radius 3 is 0.707 bits per heavy atom. The maximum absolute atomic E-state index is 12.7. The molecule has 0 spiro atoms. The van der Waals surface area contributed by atoms with Crippen LogP contribution in [0.25, 0.3) is 0 Å². The molecular weight excluding hydrogens is 1010 g/mol. The van der Waals surface area contributed by atoms with Crippen LogP contribution in [0.15, 0.2) is 12.2 Å². The fraction of sp³-hybridized carbons (Fsp3) is 0.961. The summed E-state index contributed by atoms with van der Waals surface area (Å²) in [6, 6.07) is -0.985. The van der Waals surface area contributed by atoms with Crippen molar-refractivity contribution in [3.63, 3.8) is 0 Å². The number of allylic oxidation sites excluding steroid dienone is 2. The number of aliphatic hydroxyl groups excluding tert-OH is 4. The highest BCUT2D eigenvalue weighted by molar-refractivity contribution is 5.80. The van der Waals surface area contributed by atoms with Gasteiger partial charge in [0.1, 0.15) is 12.2 Å². The lowest BCUT2D eigenvalue weighted by molar-refractivity contribution is -0.132. The number of aliphatic hydroxyl groups is 4. The predicted molar refractivity (Wildman–Crippen MR) is 362 cm³/mol. The summed E-state index contributed by atoms with van der Waals surface area (Å²) < 4.78 is 0. The summed E-state index contributed by atoms with van der Waals surface area (Å²) >= 11 is 0. The maximum atomic E-state index is 12.7. The van der Waals surface area contributed by atoms with Crippen molar-refractivity contribution in [1.29, 1.82) is 0 Å². The Hall–Kier alpha value is -0.950. The van der Waals surface area contributed by atoms with Crippen molar-refractivity contribution in [3.05, 3.63) is 12.2 Å². The van der Waals surface area contributed by atoms with Gasteiger partial charge in [-0.2, -0.15) is 0 Å². The molecule has 0 aliphatic carbocycles. The lowest BCUT2D eigenvalue weighted by Crippen LogP contribution is -2.53. The summed E-state index contributed by atoms with van der Waals surface area (Å²) in [6.07, 6.45) is 89.4. The van der Waals surface area contributed by atoms with Crippen LogP contribution in [0.3, 0.4) is 0 Å². The fourth-order valence-corrected chi connectivity index (χ4v) is 12.6. The third-order valence-electron chi connectivity index (χ3n) is 18.5. The van der Waals surface area contributed by atoms with Crippen molar-refractivity contribution < 1.29 is 25.2 Å². The Bertz CT molecular complexity index is 1210. The molecule has 0 saturated carbocycles. The Kier molecular flexibility index (Phi) is 70.0. The minimum Gasteiger partial charge on any atom is -0.394 e. The first kappa shape index (κ1) is 81.0. The van der Waals surface area contributed by atoms with Gasteiger partial charge >= 0.3 is 0 Å². The molecule has 6 nitrogen and oxygen atoms in total. The first-order valence-electron chi connectivity index (χ1n) is 38.1. The number of nitrogens with one attached hydrogen (secondary N) is 1. The van der Waals surface area contributed by atoms with Crippen LogP contribution in [-0.2, 0) is 4.79 Å². The molecule has 0 radical (unpaired) electrons. The standard InChI is InChI=1S/C76H151NO5/c1-3-5-7-9-11-13-15-17-19-21-23-25-27-29-31-33-34-35-36-37-38-39-40-41-42-44-46-48-50-52-54-56-58-60-62-64-66-68-70-74(80)76(82)77-72(71-78)75(81)73(79)69-67-65-63-61-59-57-55-53-51-49-47-45-43-32-30-28-26-24-22-20-18-16-14-12-10-8-6-4-2/h37-38,72-75,78-81H,3-36,39-71H2,1-2H3,(H,77,82)/b38-37-. The van der Waals surface area contributed by atoms with E-state index in [2.05, 4.69) is 31.3 Å². The second-order valence-electron chi connectivity index (χ2n) is 26.7. The zero-order valence-corrected chi connectivity index (χ0v) is 56.0. The molecule has 0 aromatic rings. The summed E-state index contributed by atoms with van der Waals surface area (Å²) in [7, 11) is 0. The summed E-state index contributed by atoms with van der Waals surface area (Å²) in [5.74, 6) is -0.574. The van der Waals surface area contributed by atoms with Gasteiger partial charge in [0.15, 0.2) is 0 Å². The van der Waals surface area contributed by atoms with E-state index < -0.39 is 36.9 Å². The second-order valence-corrected chi connectivity index (χ2v) is 26.7. The molecule has 0 heterocycles. The number of carbonyl (C=O) groups excluding carboxylic acids is 1. The second kappa shape index (κ2) is 70.8. The van der Waals surface area contributed by atoms with Gasteiger partial charge in [0.2, 0.25) is 5.91 Å². The zero-order chi connectivity index (χ0) is 59.4. The van der Waals surface area contributed by atoms with E-state index in [1.807, 2.05) is 0 Å². The van der Waals surface area contributed by atoms with Crippen molar-refractivity contribution >= 4 is 5.91 Å². The largest absolute Gasteiger partial charge is 0.394 e. The number of hydrogen-bond donors (Lipinski definition) is 5. The van der Waals surface area contributed by atoms with Gasteiger partial charge in [0, 0.05) is 0 Å². The zero-order valence-electron chi connectivity index (χ0n) is 56.0. The van der Waals surface area contributed by atoms with Crippen molar-refractivity contribution in [2.45, 2.75) is 462 Å². The number of carbonyl (C=O) groups is 1. The van der Waals surface area contributed by atoms with E-state index in [-0.39, 0.29) is 0 Å². The highest BCUT2D eigenvalue weighted by atomic mass is 16.3. The number of unbranched alkanes of at least 4 members (excludes halogenated alkanes) is 61. The van der Waals surface area contributed by atoms with E-state index in [1.54, 1.807) is 0 Å². The van der Waals surface area contributed by atoms with Crippen LogP contribution in [0.1, 0.15) is 438 Å². The van der Waals surface area contributed by atoms with Gasteiger partial charge in [-0.05, 0) is 38.5 Å². The quantitative estimate of drug-likeness (QED) is 0.0308. The Morgan fingerprint density at radius 1 is 0.293 bits per heavy atom. The Morgan fingerprint density at radius 2 is 0.488 bits per heavy atom. The van der Waals surface area contributed by atoms with Crippen LogP contribution in [0.4, 0.5) is 0 Å². The molecule has 0 aliphatic rings. The Balaban J connectivity index is 3.49. The average molecular weight is 1160 g/mol. The summed E-state index contributed by atoms with van der Waals surface area (Å²) in [4.78, 5) is 12.7. The van der Waals surface area contributed by atoms with E-state index in [9.17, 15) is 25.2 Å². The van der Waals surface area contributed by atoms with Gasteiger partial charge in [0.25, 0.3) is 0 Å². The molecule has 0 fully saturated rings. The molecule has 5 N–H and O–H groups in total. The van der Waals surface area contributed by atoms with Crippen LogP contribution in [-0.4, -0.2) is 57.3 Å². The lowest BCUT2D eigenvalue weighted by atomic mass is 9.99. The molecule has 1 amide bonds. The Labute approximate surface area is 514 Å². The molecule has 4 atom stereocenters. The smallest absolute Gasteiger partial charge is 0.249 e. The summed E-state index contributed by atoms with van der Waals surface area (Å²) in [6.45, 7) is 4.12. The highest BCUT2D eigenvalue weighted by Crippen LogP contribution is 2.21. The van der Waals surface area contributed by atoms with Gasteiger partial charge < -0.3 is 25.7 Å². The molecule has 0 rings (SSSR count). The third-order valence-corrected chi connectivity index (χ3v) is 18.5. The van der Waals surface area contributed by atoms with E-state index in [1.165, 1.54) is 372 Å². The molecule has 0 aliphatic heterocycles. The molecule has 6 heteroatoms. The maximum Gasteiger partial charge on any atom is 0.249 e. The first-order chi connectivity index (χ1) is 40.5. The van der Waals surface area contributed by atoms with Crippen LogP contribution in [0, 0.1) is 0 Å². The van der Waals surface area contributed by atoms with Crippen molar-refractivity contribution in [3.8, 4) is 0 Å². The predicted octanol–water partition coefficient (Wildman–Crippen LogP) is 23.9. The molecule has 82 heavy (non-hydrogen) atoms. The molecule has 490 valence electrons. The third kappa shape index (κ3) is 63.5. The highest BCUT2D eigenvalue weighted by Gasteiger charge is 2.29. The van der Waals surface area contributed by atoms with E-state index in [0.717, 1.165) is 38.5 Å². The van der Waals surface area contributed by atoms with Gasteiger partial charge in [-0.15, -0.1) is 0 Å². The topological polar surface area (TPSA) is 110 Å². The van der Waals surface area contributed by atoms with E-state index in [0.29, 0.717) is 12.8 Å². The lowest BCUT2D eigenvalue weighted by Gasteiger charge is -2.27. The number of rotatable bonds is 72. The SMILES string of the molecule is CCCCCCCCCCCCCCCCCCCC/C=C\CCCCCCCCCCCCCCCCCCC(O)C(=O)NC(CO)C(O)C(O)CCCCCCCCCCCCCCCCCCCCCCCCCCCCCC. The van der Waals surface area contributed by atoms with Crippen LogP contribution in [0.2, 0.25) is 0 Å². The number of amides is 1. The molecule has 0 aromatic heterocycles. The monoisotopic (exact) mass is 1160 g/mol. The van der Waals surface area contributed by atoms with Gasteiger partial charge in [-0.3, -0.25) is 4.79 Å². The number of hydrogen-bond acceptors (Lipinski definition) is 5. The van der Waals surface area contributed by atoms with E-state index in [4.69, 9.17) is 0 Å². The van der Waals surface area contributed by atoms with Crippen molar-refractivity contribution in [1.82, 2.24) is 5.32 Å². The van der Waals surface area contributed by atoms with Crippen LogP contribution in [0.5, 0.6) is 0 Å². The molecule has 0 saturated heterocycles. The summed E-state index contributed by atoms with van der Waals surface area (Å²) in [5, 5.41) is 44.3.